The quantitative estimate of drug-likeness (QED) is 0.573. The van der Waals surface area contributed by atoms with Crippen molar-refractivity contribution in [3.05, 3.63) is 59.2 Å². The van der Waals surface area contributed by atoms with Gasteiger partial charge in [0.15, 0.2) is 0 Å². The molecule has 1 heterocycles. The molecule has 1 aromatic heterocycles. The molecule has 0 bridgehead atoms. The number of rotatable bonds is 7. The van der Waals surface area contributed by atoms with Gasteiger partial charge < -0.3 is 20.1 Å². The second kappa shape index (κ2) is 8.60. The highest BCUT2D eigenvalue weighted by atomic mass is 35.5. The van der Waals surface area contributed by atoms with Gasteiger partial charge >= 0.3 is 0 Å². The molecular formula is C20H21ClN4O2. The number of methoxy groups -OCH3 is 1. The van der Waals surface area contributed by atoms with Crippen molar-refractivity contribution < 1.29 is 9.47 Å². The van der Waals surface area contributed by atoms with Gasteiger partial charge in [0.1, 0.15) is 17.3 Å². The van der Waals surface area contributed by atoms with Crippen molar-refractivity contribution >= 4 is 34.7 Å². The van der Waals surface area contributed by atoms with Crippen molar-refractivity contribution in [2.24, 2.45) is 0 Å². The van der Waals surface area contributed by atoms with Gasteiger partial charge in [-0.15, -0.1) is 0 Å². The monoisotopic (exact) mass is 384 g/mol. The van der Waals surface area contributed by atoms with Gasteiger partial charge in [0.25, 0.3) is 0 Å². The molecule has 0 saturated carbocycles. The zero-order valence-electron chi connectivity index (χ0n) is 15.4. The molecule has 6 nitrogen and oxygen atoms in total. The molecule has 27 heavy (non-hydrogen) atoms. The van der Waals surface area contributed by atoms with E-state index in [9.17, 15) is 0 Å². The molecule has 3 aromatic rings. The number of anilines is 4. The van der Waals surface area contributed by atoms with E-state index >= 15 is 0 Å². The normalized spacial score (nSPS) is 10.4. The van der Waals surface area contributed by atoms with Crippen LogP contribution in [-0.4, -0.2) is 23.7 Å². The molecule has 2 N–H and O–H groups in total. The Morgan fingerprint density at radius 1 is 1.07 bits per heavy atom. The van der Waals surface area contributed by atoms with E-state index in [1.165, 1.54) is 0 Å². The summed E-state index contributed by atoms with van der Waals surface area (Å²) in [4.78, 5) is 8.77. The fourth-order valence-corrected chi connectivity index (χ4v) is 2.64. The molecule has 0 amide bonds. The van der Waals surface area contributed by atoms with Gasteiger partial charge in [0.2, 0.25) is 5.95 Å². The first-order chi connectivity index (χ1) is 13.1. The van der Waals surface area contributed by atoms with Crippen molar-refractivity contribution in [3.8, 4) is 11.5 Å². The highest BCUT2D eigenvalue weighted by molar-refractivity contribution is 6.31. The summed E-state index contributed by atoms with van der Waals surface area (Å²) in [5, 5.41) is 7.07. The van der Waals surface area contributed by atoms with Gasteiger partial charge in [-0.25, -0.2) is 4.98 Å². The lowest BCUT2D eigenvalue weighted by Crippen LogP contribution is -2.02. The SMILES string of the molecule is CCOc1ccc(Nc2ccnc(Nc3cc(C)c(Cl)cc3OC)n2)cc1. The van der Waals surface area contributed by atoms with Gasteiger partial charge in [-0.2, -0.15) is 4.98 Å². The molecule has 0 aliphatic heterocycles. The van der Waals surface area contributed by atoms with Gasteiger partial charge in [-0.05, 0) is 55.8 Å². The van der Waals surface area contributed by atoms with Crippen LogP contribution in [0, 0.1) is 6.92 Å². The number of halogens is 1. The van der Waals surface area contributed by atoms with Crippen molar-refractivity contribution in [1.82, 2.24) is 9.97 Å². The number of benzene rings is 2. The average Bonchev–Trinajstić information content (AvgIpc) is 2.67. The first-order valence-electron chi connectivity index (χ1n) is 8.53. The fraction of sp³-hybridized carbons (Fsp3) is 0.200. The van der Waals surface area contributed by atoms with Crippen LogP contribution in [0.3, 0.4) is 0 Å². The first kappa shape index (κ1) is 18.8. The molecule has 3 rings (SSSR count). The molecule has 0 aliphatic rings. The maximum atomic E-state index is 6.16. The number of hydrogen-bond donors (Lipinski definition) is 2. The Balaban J connectivity index is 1.77. The number of aromatic nitrogens is 2. The average molecular weight is 385 g/mol. The maximum Gasteiger partial charge on any atom is 0.229 e. The summed E-state index contributed by atoms with van der Waals surface area (Å²) >= 11 is 6.16. The van der Waals surface area contributed by atoms with Crippen LogP contribution >= 0.6 is 11.6 Å². The van der Waals surface area contributed by atoms with E-state index in [4.69, 9.17) is 21.1 Å². The van der Waals surface area contributed by atoms with E-state index in [0.717, 1.165) is 22.7 Å². The van der Waals surface area contributed by atoms with Crippen LogP contribution in [0.5, 0.6) is 11.5 Å². The Kier molecular flexibility index (Phi) is 5.98. The summed E-state index contributed by atoms with van der Waals surface area (Å²) in [5.41, 5.74) is 2.59. The Morgan fingerprint density at radius 2 is 1.85 bits per heavy atom. The van der Waals surface area contributed by atoms with E-state index in [0.29, 0.717) is 29.1 Å². The number of hydrogen-bond acceptors (Lipinski definition) is 6. The van der Waals surface area contributed by atoms with Crippen molar-refractivity contribution in [3.63, 3.8) is 0 Å². The summed E-state index contributed by atoms with van der Waals surface area (Å²) in [6.45, 7) is 4.53. The zero-order chi connectivity index (χ0) is 19.2. The second-order valence-corrected chi connectivity index (χ2v) is 6.18. The molecule has 0 spiro atoms. The van der Waals surface area contributed by atoms with Crippen LogP contribution in [0.25, 0.3) is 0 Å². The summed E-state index contributed by atoms with van der Waals surface area (Å²) in [6, 6.07) is 13.2. The predicted octanol–water partition coefficient (Wildman–Crippen LogP) is 5.33. The smallest absolute Gasteiger partial charge is 0.229 e. The van der Waals surface area contributed by atoms with Crippen molar-refractivity contribution in [1.29, 1.82) is 0 Å². The molecule has 0 fully saturated rings. The van der Waals surface area contributed by atoms with Crippen LogP contribution in [-0.2, 0) is 0 Å². The standard InChI is InChI=1S/C20H21ClN4O2/c1-4-27-15-7-5-14(6-8-15)23-19-9-10-22-20(25-19)24-17-11-13(2)16(21)12-18(17)26-3/h5-12H,4H2,1-3H3,(H2,22,23,24,25). The van der Waals surface area contributed by atoms with Gasteiger partial charge in [0.05, 0.1) is 19.4 Å². The van der Waals surface area contributed by atoms with E-state index < -0.39 is 0 Å². The fourth-order valence-electron chi connectivity index (χ4n) is 2.49. The topological polar surface area (TPSA) is 68.3 Å². The van der Waals surface area contributed by atoms with E-state index in [1.807, 2.05) is 44.2 Å². The van der Waals surface area contributed by atoms with E-state index in [2.05, 4.69) is 20.6 Å². The number of nitrogens with zero attached hydrogens (tertiary/aromatic N) is 2. The maximum absolute atomic E-state index is 6.16. The van der Waals surface area contributed by atoms with Crippen molar-refractivity contribution in [2.45, 2.75) is 13.8 Å². The van der Waals surface area contributed by atoms with Crippen LogP contribution in [0.15, 0.2) is 48.7 Å². The molecular weight excluding hydrogens is 364 g/mol. The predicted molar refractivity (Wildman–Crippen MR) is 109 cm³/mol. The molecule has 2 aromatic carbocycles. The van der Waals surface area contributed by atoms with Gasteiger partial charge in [0, 0.05) is 23.0 Å². The first-order valence-corrected chi connectivity index (χ1v) is 8.91. The summed E-state index contributed by atoms with van der Waals surface area (Å²) < 4.78 is 10.8. The second-order valence-electron chi connectivity index (χ2n) is 5.77. The molecule has 0 unspecified atom stereocenters. The van der Waals surface area contributed by atoms with Crippen LogP contribution in [0.1, 0.15) is 12.5 Å². The summed E-state index contributed by atoms with van der Waals surface area (Å²) in [6.07, 6.45) is 1.68. The minimum absolute atomic E-state index is 0.450. The minimum Gasteiger partial charge on any atom is -0.495 e. The molecule has 0 aliphatic carbocycles. The molecule has 140 valence electrons. The Hall–Kier alpha value is -2.99. The Labute approximate surface area is 163 Å². The molecule has 0 radical (unpaired) electrons. The van der Waals surface area contributed by atoms with Crippen LogP contribution in [0.2, 0.25) is 5.02 Å². The Morgan fingerprint density at radius 3 is 2.56 bits per heavy atom. The van der Waals surface area contributed by atoms with Gasteiger partial charge in [-0.3, -0.25) is 0 Å². The Bertz CT molecular complexity index is 916. The third-order valence-electron chi connectivity index (χ3n) is 3.82. The third kappa shape index (κ3) is 4.80. The third-order valence-corrected chi connectivity index (χ3v) is 4.23. The minimum atomic E-state index is 0.450. The number of nitrogens with one attached hydrogen (secondary N) is 2. The number of ether oxygens (including phenoxy) is 2. The van der Waals surface area contributed by atoms with E-state index in [1.54, 1.807) is 25.4 Å². The molecule has 0 atom stereocenters. The number of aryl methyl sites for hydroxylation is 1. The van der Waals surface area contributed by atoms with Crippen LogP contribution < -0.4 is 20.1 Å². The highest BCUT2D eigenvalue weighted by Gasteiger charge is 2.09. The van der Waals surface area contributed by atoms with Crippen molar-refractivity contribution in [2.75, 3.05) is 24.4 Å². The molecule has 7 heteroatoms. The molecule has 0 saturated heterocycles. The summed E-state index contributed by atoms with van der Waals surface area (Å²) in [7, 11) is 1.59. The van der Waals surface area contributed by atoms with Crippen LogP contribution in [0.4, 0.5) is 23.1 Å². The zero-order valence-corrected chi connectivity index (χ0v) is 16.2. The summed E-state index contributed by atoms with van der Waals surface area (Å²) in [5.74, 6) is 2.57. The lowest BCUT2D eigenvalue weighted by molar-refractivity contribution is 0.340. The van der Waals surface area contributed by atoms with Gasteiger partial charge in [-0.1, -0.05) is 11.6 Å². The lowest BCUT2D eigenvalue weighted by Gasteiger charge is -2.13. The largest absolute Gasteiger partial charge is 0.495 e. The lowest BCUT2D eigenvalue weighted by atomic mass is 10.2. The van der Waals surface area contributed by atoms with E-state index in [-0.39, 0.29) is 0 Å². The highest BCUT2D eigenvalue weighted by Crippen LogP contribution is 2.32.